The molecule has 0 fully saturated rings. The first-order chi connectivity index (χ1) is 13.8. The van der Waals surface area contributed by atoms with E-state index < -0.39 is 16.1 Å². The number of benzene rings is 2. The molecule has 2 aromatic carbocycles. The van der Waals surface area contributed by atoms with Crippen LogP contribution in [0.15, 0.2) is 48.5 Å². The Morgan fingerprint density at radius 3 is 2.28 bits per heavy atom. The number of nitrogens with one attached hydrogen (secondary N) is 1. The molecule has 0 unspecified atom stereocenters. The van der Waals surface area contributed by atoms with Gasteiger partial charge in [0.25, 0.3) is 0 Å². The second-order valence-electron chi connectivity index (χ2n) is 6.61. The van der Waals surface area contributed by atoms with Crippen molar-refractivity contribution >= 4 is 21.6 Å². The second kappa shape index (κ2) is 10.2. The monoisotopic (exact) mass is 420 g/mol. The zero-order chi connectivity index (χ0) is 21.4. The van der Waals surface area contributed by atoms with Gasteiger partial charge in [0, 0.05) is 0 Å². The zero-order valence-corrected chi connectivity index (χ0v) is 18.0. The lowest BCUT2D eigenvalue weighted by Gasteiger charge is -2.30. The lowest BCUT2D eigenvalue weighted by molar-refractivity contribution is -0.122. The molecule has 7 nitrogen and oxygen atoms in total. The van der Waals surface area contributed by atoms with E-state index in [9.17, 15) is 13.2 Å². The van der Waals surface area contributed by atoms with Crippen LogP contribution in [0.4, 0.5) is 5.69 Å². The molecule has 8 heteroatoms. The summed E-state index contributed by atoms with van der Waals surface area (Å²) in [7, 11) is -2.09. The van der Waals surface area contributed by atoms with Gasteiger partial charge < -0.3 is 14.8 Å². The summed E-state index contributed by atoms with van der Waals surface area (Å²) in [6, 6.07) is 13.4. The molecule has 158 valence electrons. The topological polar surface area (TPSA) is 84.9 Å². The number of rotatable bonds is 10. The van der Waals surface area contributed by atoms with E-state index in [0.29, 0.717) is 23.6 Å². The van der Waals surface area contributed by atoms with Crippen molar-refractivity contribution in [1.29, 1.82) is 0 Å². The first-order valence-corrected chi connectivity index (χ1v) is 11.2. The van der Waals surface area contributed by atoms with Crippen molar-refractivity contribution in [3.63, 3.8) is 0 Å². The van der Waals surface area contributed by atoms with Crippen LogP contribution in [-0.4, -0.2) is 46.9 Å². The summed E-state index contributed by atoms with van der Waals surface area (Å²) in [6.45, 7) is 4.16. The molecule has 0 aliphatic heterocycles. The highest BCUT2D eigenvalue weighted by Gasteiger charge is 2.31. The fraction of sp³-hybridized carbons (Fsp3) is 0.381. The number of ether oxygens (including phenoxy) is 2. The third-order valence-electron chi connectivity index (χ3n) is 4.35. The van der Waals surface area contributed by atoms with Crippen molar-refractivity contribution in [3.05, 3.63) is 54.1 Å². The summed E-state index contributed by atoms with van der Waals surface area (Å²) in [6.07, 6.45) is 1.44. The summed E-state index contributed by atoms with van der Waals surface area (Å²) >= 11 is 0. The van der Waals surface area contributed by atoms with E-state index in [1.807, 2.05) is 31.2 Å². The van der Waals surface area contributed by atoms with E-state index in [2.05, 4.69) is 5.32 Å². The Morgan fingerprint density at radius 2 is 1.72 bits per heavy atom. The number of sulfonamides is 1. The quantitative estimate of drug-likeness (QED) is 0.598. The molecule has 0 bridgehead atoms. The van der Waals surface area contributed by atoms with Gasteiger partial charge in [0.05, 0.1) is 25.6 Å². The van der Waals surface area contributed by atoms with Gasteiger partial charge in [0.15, 0.2) is 11.5 Å². The number of hydrogen-bond donors (Lipinski definition) is 1. The molecule has 2 rings (SSSR count). The van der Waals surface area contributed by atoms with E-state index >= 15 is 0 Å². The number of aryl methyl sites for hydroxylation is 1. The molecule has 0 radical (unpaired) electrons. The fourth-order valence-corrected chi connectivity index (χ4v) is 4.15. The number of carbonyl (C=O) groups excluding carboxylic acids is 1. The van der Waals surface area contributed by atoms with Crippen molar-refractivity contribution in [2.75, 3.05) is 30.8 Å². The van der Waals surface area contributed by atoms with E-state index in [4.69, 9.17) is 9.47 Å². The summed E-state index contributed by atoms with van der Waals surface area (Å²) in [4.78, 5) is 12.7. The standard InChI is InChI=1S/C21H28N2O5S/c1-5-18(23(29(4,25)26)17-12-10-16(2)11-13-17)21(24)22-14-15-28-20-9-7-6-8-19(20)27-3/h6-13,18H,5,14-15H2,1-4H3,(H,22,24)/t18-/m1/s1. The van der Waals surface area contributed by atoms with Crippen molar-refractivity contribution in [2.24, 2.45) is 0 Å². The van der Waals surface area contributed by atoms with Crippen LogP contribution in [0.25, 0.3) is 0 Å². The largest absolute Gasteiger partial charge is 0.493 e. The van der Waals surface area contributed by atoms with E-state index in [-0.39, 0.29) is 19.1 Å². The predicted octanol–water partition coefficient (Wildman–Crippen LogP) is 2.74. The van der Waals surface area contributed by atoms with E-state index in [1.54, 1.807) is 38.3 Å². The highest BCUT2D eigenvalue weighted by atomic mass is 32.2. The number of para-hydroxylation sites is 2. The molecular weight excluding hydrogens is 392 g/mol. The van der Waals surface area contributed by atoms with Gasteiger partial charge in [0.2, 0.25) is 15.9 Å². The van der Waals surface area contributed by atoms with Crippen LogP contribution in [-0.2, 0) is 14.8 Å². The normalized spacial score (nSPS) is 12.1. The Kier molecular flexibility index (Phi) is 7.90. The number of nitrogens with zero attached hydrogens (tertiary/aromatic N) is 1. The van der Waals surface area contributed by atoms with Gasteiger partial charge in [-0.2, -0.15) is 0 Å². The highest BCUT2D eigenvalue weighted by molar-refractivity contribution is 7.92. The molecule has 1 atom stereocenters. The Hall–Kier alpha value is -2.74. The lowest BCUT2D eigenvalue weighted by atomic mass is 10.1. The number of anilines is 1. The maximum Gasteiger partial charge on any atom is 0.244 e. The van der Waals surface area contributed by atoms with Crippen molar-refractivity contribution < 1.29 is 22.7 Å². The van der Waals surface area contributed by atoms with Gasteiger partial charge in [-0.25, -0.2) is 8.42 Å². The first kappa shape index (κ1) is 22.5. The molecule has 0 aliphatic carbocycles. The Balaban J connectivity index is 2.04. The molecule has 1 amide bonds. The lowest BCUT2D eigenvalue weighted by Crippen LogP contribution is -2.50. The Bertz CT molecular complexity index is 913. The number of amides is 1. The van der Waals surface area contributed by atoms with Crippen LogP contribution < -0.4 is 19.1 Å². The van der Waals surface area contributed by atoms with Crippen LogP contribution in [0.5, 0.6) is 11.5 Å². The summed E-state index contributed by atoms with van der Waals surface area (Å²) in [5, 5.41) is 2.76. The maximum atomic E-state index is 12.7. The number of methoxy groups -OCH3 is 1. The molecule has 0 aromatic heterocycles. The highest BCUT2D eigenvalue weighted by Crippen LogP contribution is 2.25. The Morgan fingerprint density at radius 1 is 1.10 bits per heavy atom. The molecule has 0 saturated heterocycles. The molecule has 0 aliphatic rings. The molecule has 0 saturated carbocycles. The van der Waals surface area contributed by atoms with Gasteiger partial charge in [-0.3, -0.25) is 9.10 Å². The Labute approximate surface area is 172 Å². The van der Waals surface area contributed by atoms with Crippen LogP contribution in [0.1, 0.15) is 18.9 Å². The second-order valence-corrected chi connectivity index (χ2v) is 8.47. The van der Waals surface area contributed by atoms with Crippen molar-refractivity contribution in [3.8, 4) is 11.5 Å². The average Bonchev–Trinajstić information content (AvgIpc) is 2.69. The van der Waals surface area contributed by atoms with Crippen LogP contribution in [0, 0.1) is 6.92 Å². The number of hydrogen-bond acceptors (Lipinski definition) is 5. The minimum atomic E-state index is -3.65. The van der Waals surface area contributed by atoms with Gasteiger partial charge in [-0.15, -0.1) is 0 Å². The fourth-order valence-electron chi connectivity index (χ4n) is 2.94. The predicted molar refractivity (Wildman–Crippen MR) is 114 cm³/mol. The van der Waals surface area contributed by atoms with Crippen LogP contribution in [0.2, 0.25) is 0 Å². The summed E-state index contributed by atoms with van der Waals surface area (Å²) < 4.78 is 36.9. The minimum Gasteiger partial charge on any atom is -0.493 e. The third kappa shape index (κ3) is 6.12. The molecule has 2 aromatic rings. The average molecular weight is 421 g/mol. The molecule has 0 heterocycles. The molecular formula is C21H28N2O5S. The van der Waals surface area contributed by atoms with Crippen molar-refractivity contribution in [1.82, 2.24) is 5.32 Å². The van der Waals surface area contributed by atoms with E-state index in [1.165, 1.54) is 4.31 Å². The first-order valence-electron chi connectivity index (χ1n) is 9.37. The van der Waals surface area contributed by atoms with Gasteiger partial charge in [0.1, 0.15) is 12.6 Å². The van der Waals surface area contributed by atoms with Crippen LogP contribution in [0.3, 0.4) is 0 Å². The van der Waals surface area contributed by atoms with Gasteiger partial charge in [-0.1, -0.05) is 36.8 Å². The van der Waals surface area contributed by atoms with Crippen molar-refractivity contribution in [2.45, 2.75) is 26.3 Å². The number of carbonyl (C=O) groups is 1. The van der Waals surface area contributed by atoms with Gasteiger partial charge in [-0.05, 0) is 37.6 Å². The zero-order valence-electron chi connectivity index (χ0n) is 17.2. The SMILES string of the molecule is CC[C@H](C(=O)NCCOc1ccccc1OC)N(c1ccc(C)cc1)S(C)(=O)=O. The van der Waals surface area contributed by atoms with Crippen LogP contribution >= 0.6 is 0 Å². The molecule has 1 N–H and O–H groups in total. The maximum absolute atomic E-state index is 12.7. The minimum absolute atomic E-state index is 0.228. The molecule has 29 heavy (non-hydrogen) atoms. The smallest absolute Gasteiger partial charge is 0.244 e. The summed E-state index contributed by atoms with van der Waals surface area (Å²) in [5.41, 5.74) is 1.47. The van der Waals surface area contributed by atoms with Gasteiger partial charge >= 0.3 is 0 Å². The van der Waals surface area contributed by atoms with E-state index in [0.717, 1.165) is 11.8 Å². The summed E-state index contributed by atoms with van der Waals surface area (Å²) in [5.74, 6) is 0.809. The molecule has 0 spiro atoms. The third-order valence-corrected chi connectivity index (χ3v) is 5.53.